The van der Waals surface area contributed by atoms with Gasteiger partial charge in [-0.1, -0.05) is 25.8 Å². The molecule has 3 aliphatic rings. The standard InChI is InChI=1S/C24H41N7/c1-3-25-24(28-21-11-12-31(19-21)22-7-5-6-8-22)27-18-20-9-10-23(26-17-20)30-15-13-29(4-2)14-16-30/h9-10,17,21-22H,3-8,11-16,18-19H2,1-2H3,(H2,25,27,28). The summed E-state index contributed by atoms with van der Waals surface area (Å²) in [5.74, 6) is 2.02. The minimum atomic E-state index is 0.501. The molecule has 3 fully saturated rings. The van der Waals surface area contributed by atoms with Crippen molar-refractivity contribution in [2.75, 3.05) is 57.3 Å². The number of nitrogens with one attached hydrogen (secondary N) is 2. The molecule has 2 saturated heterocycles. The first-order chi connectivity index (χ1) is 15.2. The maximum atomic E-state index is 4.85. The Balaban J connectivity index is 1.28. The van der Waals surface area contributed by atoms with E-state index in [1.54, 1.807) is 0 Å². The molecule has 0 radical (unpaired) electrons. The number of hydrogen-bond acceptors (Lipinski definition) is 5. The van der Waals surface area contributed by atoms with E-state index in [0.717, 1.165) is 69.2 Å². The second kappa shape index (κ2) is 11.1. The van der Waals surface area contributed by atoms with Crippen molar-refractivity contribution in [2.24, 2.45) is 4.99 Å². The summed E-state index contributed by atoms with van der Waals surface area (Å²) in [5, 5.41) is 7.10. The van der Waals surface area contributed by atoms with Crippen LogP contribution in [0.1, 0.15) is 51.5 Å². The van der Waals surface area contributed by atoms with E-state index in [4.69, 9.17) is 9.98 Å². The summed E-state index contributed by atoms with van der Waals surface area (Å²) < 4.78 is 0. The van der Waals surface area contributed by atoms with E-state index in [-0.39, 0.29) is 0 Å². The Hall–Kier alpha value is -1.86. The van der Waals surface area contributed by atoms with Gasteiger partial charge in [-0.2, -0.15) is 0 Å². The van der Waals surface area contributed by atoms with Gasteiger partial charge in [-0.3, -0.25) is 4.90 Å². The molecule has 2 N–H and O–H groups in total. The molecule has 7 nitrogen and oxygen atoms in total. The Bertz CT molecular complexity index is 690. The van der Waals surface area contributed by atoms with Gasteiger partial charge in [0.1, 0.15) is 5.82 Å². The summed E-state index contributed by atoms with van der Waals surface area (Å²) >= 11 is 0. The van der Waals surface area contributed by atoms with Crippen molar-refractivity contribution in [1.29, 1.82) is 0 Å². The molecule has 7 heteroatoms. The van der Waals surface area contributed by atoms with Crippen molar-refractivity contribution >= 4 is 11.8 Å². The van der Waals surface area contributed by atoms with Gasteiger partial charge < -0.3 is 20.4 Å². The van der Waals surface area contributed by atoms with E-state index in [1.807, 2.05) is 6.20 Å². The van der Waals surface area contributed by atoms with Crippen molar-refractivity contribution in [2.45, 2.75) is 64.6 Å². The van der Waals surface area contributed by atoms with Crippen LogP contribution in [0.3, 0.4) is 0 Å². The van der Waals surface area contributed by atoms with E-state index < -0.39 is 0 Å². The first kappa shape index (κ1) is 22.3. The predicted octanol–water partition coefficient (Wildman–Crippen LogP) is 2.30. The number of likely N-dealkylation sites (N-methyl/N-ethyl adjacent to an activating group) is 1. The molecule has 1 aromatic rings. The number of rotatable bonds is 7. The summed E-state index contributed by atoms with van der Waals surface area (Å²) in [4.78, 5) is 17.1. The Morgan fingerprint density at radius 2 is 1.87 bits per heavy atom. The Labute approximate surface area is 188 Å². The van der Waals surface area contributed by atoms with Gasteiger partial charge in [-0.05, 0) is 44.4 Å². The molecule has 4 rings (SSSR count). The van der Waals surface area contributed by atoms with Gasteiger partial charge in [0.05, 0.1) is 6.54 Å². The molecule has 1 saturated carbocycles. The van der Waals surface area contributed by atoms with Gasteiger partial charge in [0.25, 0.3) is 0 Å². The smallest absolute Gasteiger partial charge is 0.191 e. The van der Waals surface area contributed by atoms with Crippen molar-refractivity contribution < 1.29 is 0 Å². The summed E-state index contributed by atoms with van der Waals surface area (Å²) in [6.07, 6.45) is 8.79. The van der Waals surface area contributed by atoms with Gasteiger partial charge in [0.2, 0.25) is 0 Å². The lowest BCUT2D eigenvalue weighted by Crippen LogP contribution is -2.46. The molecule has 1 aliphatic carbocycles. The second-order valence-electron chi connectivity index (χ2n) is 9.20. The minimum absolute atomic E-state index is 0.501. The fourth-order valence-corrected chi connectivity index (χ4v) is 5.18. The van der Waals surface area contributed by atoms with Crippen LogP contribution in [0.25, 0.3) is 0 Å². The summed E-state index contributed by atoms with van der Waals surface area (Å²) in [5.41, 5.74) is 1.16. The zero-order chi connectivity index (χ0) is 21.5. The number of hydrogen-bond donors (Lipinski definition) is 2. The summed E-state index contributed by atoms with van der Waals surface area (Å²) in [6.45, 7) is 13.8. The first-order valence-electron chi connectivity index (χ1n) is 12.5. The first-order valence-corrected chi connectivity index (χ1v) is 12.5. The van der Waals surface area contributed by atoms with Gasteiger partial charge in [-0.25, -0.2) is 9.98 Å². The topological polar surface area (TPSA) is 59.0 Å². The number of piperazine rings is 1. The summed E-state index contributed by atoms with van der Waals surface area (Å²) in [6, 6.07) is 5.66. The van der Waals surface area contributed by atoms with Crippen molar-refractivity contribution in [3.05, 3.63) is 23.9 Å². The van der Waals surface area contributed by atoms with Gasteiger partial charge in [0.15, 0.2) is 5.96 Å². The van der Waals surface area contributed by atoms with Crippen LogP contribution < -0.4 is 15.5 Å². The lowest BCUT2D eigenvalue weighted by atomic mass is 10.2. The number of aromatic nitrogens is 1. The average molecular weight is 428 g/mol. The maximum Gasteiger partial charge on any atom is 0.191 e. The molecule has 31 heavy (non-hydrogen) atoms. The molecule has 1 aromatic heterocycles. The largest absolute Gasteiger partial charge is 0.357 e. The van der Waals surface area contributed by atoms with Gasteiger partial charge >= 0.3 is 0 Å². The molecular weight excluding hydrogens is 386 g/mol. The highest BCUT2D eigenvalue weighted by atomic mass is 15.3. The van der Waals surface area contributed by atoms with Crippen LogP contribution >= 0.6 is 0 Å². The number of pyridine rings is 1. The van der Waals surface area contributed by atoms with Crippen LogP contribution in [0.5, 0.6) is 0 Å². The van der Waals surface area contributed by atoms with E-state index in [0.29, 0.717) is 12.6 Å². The zero-order valence-electron chi connectivity index (χ0n) is 19.5. The molecule has 1 atom stereocenters. The number of anilines is 1. The summed E-state index contributed by atoms with van der Waals surface area (Å²) in [7, 11) is 0. The normalized spacial score (nSPS) is 24.1. The molecule has 2 aliphatic heterocycles. The van der Waals surface area contributed by atoms with Crippen LogP contribution in [0, 0.1) is 0 Å². The van der Waals surface area contributed by atoms with Crippen molar-refractivity contribution in [3.8, 4) is 0 Å². The molecule has 3 heterocycles. The molecule has 0 bridgehead atoms. The van der Waals surface area contributed by atoms with E-state index >= 15 is 0 Å². The Morgan fingerprint density at radius 1 is 1.06 bits per heavy atom. The molecular formula is C24H41N7. The third kappa shape index (κ3) is 6.10. The lowest BCUT2D eigenvalue weighted by molar-refractivity contribution is 0.242. The minimum Gasteiger partial charge on any atom is -0.357 e. The molecule has 1 unspecified atom stereocenters. The van der Waals surface area contributed by atoms with Gasteiger partial charge in [-0.15, -0.1) is 0 Å². The molecule has 0 aromatic carbocycles. The number of aliphatic imine (C=N–C) groups is 1. The van der Waals surface area contributed by atoms with E-state index in [1.165, 1.54) is 38.6 Å². The monoisotopic (exact) mass is 427 g/mol. The molecule has 172 valence electrons. The third-order valence-electron chi connectivity index (χ3n) is 7.12. The third-order valence-corrected chi connectivity index (χ3v) is 7.12. The fraction of sp³-hybridized carbons (Fsp3) is 0.750. The lowest BCUT2D eigenvalue weighted by Gasteiger charge is -2.34. The fourth-order valence-electron chi connectivity index (χ4n) is 5.18. The van der Waals surface area contributed by atoms with Crippen LogP contribution in [-0.2, 0) is 6.54 Å². The maximum absolute atomic E-state index is 4.85. The van der Waals surface area contributed by atoms with Crippen molar-refractivity contribution in [1.82, 2.24) is 25.4 Å². The SMILES string of the molecule is CCNC(=NCc1ccc(N2CCN(CC)CC2)nc1)NC1CCN(C2CCCC2)C1. The van der Waals surface area contributed by atoms with Crippen LogP contribution in [0.15, 0.2) is 23.3 Å². The number of guanidine groups is 1. The highest BCUT2D eigenvalue weighted by molar-refractivity contribution is 5.80. The van der Waals surface area contributed by atoms with E-state index in [9.17, 15) is 0 Å². The molecule has 0 amide bonds. The Kier molecular flexibility index (Phi) is 8.03. The van der Waals surface area contributed by atoms with Crippen LogP contribution in [0.4, 0.5) is 5.82 Å². The van der Waals surface area contributed by atoms with Crippen LogP contribution in [0.2, 0.25) is 0 Å². The van der Waals surface area contributed by atoms with Crippen molar-refractivity contribution in [3.63, 3.8) is 0 Å². The quantitative estimate of drug-likeness (QED) is 0.514. The van der Waals surface area contributed by atoms with E-state index in [2.05, 4.69) is 51.3 Å². The van der Waals surface area contributed by atoms with Gasteiger partial charge in [0, 0.05) is 64.1 Å². The predicted molar refractivity (Wildman–Crippen MR) is 129 cm³/mol. The molecule has 0 spiro atoms. The van der Waals surface area contributed by atoms with Crippen LogP contribution in [-0.4, -0.2) is 85.2 Å². The second-order valence-corrected chi connectivity index (χ2v) is 9.20. The number of nitrogens with zero attached hydrogens (tertiary/aromatic N) is 5. The average Bonchev–Trinajstić information content (AvgIpc) is 3.50. The Morgan fingerprint density at radius 3 is 2.55 bits per heavy atom. The highest BCUT2D eigenvalue weighted by Crippen LogP contribution is 2.26. The zero-order valence-corrected chi connectivity index (χ0v) is 19.5. The highest BCUT2D eigenvalue weighted by Gasteiger charge is 2.30. The number of likely N-dealkylation sites (tertiary alicyclic amines) is 1.